The van der Waals surface area contributed by atoms with Crippen LogP contribution in [0.15, 0.2) is 24.3 Å². The Hall–Kier alpha value is -1.66. The standard InChI is InChI=1S/C54H103NO5/c1-3-5-7-9-11-13-15-17-19-21-22-24-26-30-34-38-42-46-52(57)51(50-56)55-53(58)47-43-39-35-31-28-29-33-37-41-45-49-60-54(59)48-44-40-36-32-27-25-23-20-18-16-14-12-10-8-6-4-2/h29,33,42,46,51-52,56-57H,3-28,30-32,34-41,43-45,47-50H2,1-2H3,(H,55,58)/b33-29-,46-42+. The van der Waals surface area contributed by atoms with Gasteiger partial charge in [0.1, 0.15) is 0 Å². The molecule has 0 aliphatic heterocycles. The van der Waals surface area contributed by atoms with Gasteiger partial charge in [-0.15, -0.1) is 0 Å². The Morgan fingerprint density at radius 1 is 0.450 bits per heavy atom. The van der Waals surface area contributed by atoms with Gasteiger partial charge in [0.25, 0.3) is 0 Å². The molecule has 0 fully saturated rings. The number of allylic oxidation sites excluding steroid dienone is 3. The summed E-state index contributed by atoms with van der Waals surface area (Å²) in [6.07, 6.45) is 59.0. The molecule has 0 aliphatic rings. The number of nitrogens with one attached hydrogen (secondary N) is 1. The fraction of sp³-hybridized carbons (Fsp3) is 0.889. The Morgan fingerprint density at radius 3 is 1.18 bits per heavy atom. The molecule has 0 rings (SSSR count). The molecule has 354 valence electrons. The molecule has 0 aromatic rings. The fourth-order valence-electron chi connectivity index (χ4n) is 8.10. The first-order valence-corrected chi connectivity index (χ1v) is 26.6. The largest absolute Gasteiger partial charge is 0.466 e. The average Bonchev–Trinajstić information content (AvgIpc) is 3.25. The molecule has 0 saturated heterocycles. The summed E-state index contributed by atoms with van der Waals surface area (Å²) in [7, 11) is 0. The number of carbonyl (C=O) groups is 2. The van der Waals surface area contributed by atoms with E-state index in [0.29, 0.717) is 19.4 Å². The SMILES string of the molecule is CCCCCCCCCCCCCCCCC/C=C/C(O)C(CO)NC(=O)CCCCCC/C=C\CCCCOC(=O)CCCCCCCCCCCCCCCCCC. The molecule has 0 heterocycles. The second kappa shape index (κ2) is 50.0. The van der Waals surface area contributed by atoms with Crippen LogP contribution in [0.2, 0.25) is 0 Å². The van der Waals surface area contributed by atoms with E-state index < -0.39 is 12.1 Å². The van der Waals surface area contributed by atoms with E-state index in [1.807, 2.05) is 6.08 Å². The van der Waals surface area contributed by atoms with Crippen LogP contribution < -0.4 is 5.32 Å². The van der Waals surface area contributed by atoms with Crippen LogP contribution in [0.3, 0.4) is 0 Å². The first-order valence-electron chi connectivity index (χ1n) is 26.6. The van der Waals surface area contributed by atoms with Gasteiger partial charge in [0, 0.05) is 12.8 Å². The van der Waals surface area contributed by atoms with E-state index in [9.17, 15) is 19.8 Å². The van der Waals surface area contributed by atoms with Crippen molar-refractivity contribution in [2.45, 2.75) is 296 Å². The van der Waals surface area contributed by atoms with E-state index in [1.54, 1.807) is 6.08 Å². The molecule has 0 aromatic heterocycles. The van der Waals surface area contributed by atoms with Gasteiger partial charge in [-0.2, -0.15) is 0 Å². The number of rotatable bonds is 49. The van der Waals surface area contributed by atoms with Gasteiger partial charge in [-0.05, 0) is 57.8 Å². The molecule has 0 aliphatic carbocycles. The molecule has 0 saturated carbocycles. The van der Waals surface area contributed by atoms with Crippen LogP contribution in [0.4, 0.5) is 0 Å². The maximum Gasteiger partial charge on any atom is 0.305 e. The van der Waals surface area contributed by atoms with Gasteiger partial charge >= 0.3 is 5.97 Å². The van der Waals surface area contributed by atoms with Crippen molar-refractivity contribution >= 4 is 11.9 Å². The first kappa shape index (κ1) is 58.3. The third-order valence-electron chi connectivity index (χ3n) is 12.2. The molecule has 6 nitrogen and oxygen atoms in total. The van der Waals surface area contributed by atoms with Crippen molar-refractivity contribution in [1.82, 2.24) is 5.32 Å². The van der Waals surface area contributed by atoms with Crippen molar-refractivity contribution in [3.8, 4) is 0 Å². The molecule has 2 unspecified atom stereocenters. The lowest BCUT2D eigenvalue weighted by molar-refractivity contribution is -0.143. The molecular formula is C54H103NO5. The summed E-state index contributed by atoms with van der Waals surface area (Å²) in [6.45, 7) is 4.83. The van der Waals surface area contributed by atoms with Gasteiger partial charge in [0.15, 0.2) is 0 Å². The number of ether oxygens (including phenoxy) is 1. The van der Waals surface area contributed by atoms with Crippen LogP contribution in [0.5, 0.6) is 0 Å². The summed E-state index contributed by atoms with van der Waals surface area (Å²) in [6, 6.07) is -0.652. The predicted octanol–water partition coefficient (Wildman–Crippen LogP) is 15.9. The van der Waals surface area contributed by atoms with E-state index in [-0.39, 0.29) is 18.5 Å². The second-order valence-corrected chi connectivity index (χ2v) is 18.2. The molecule has 0 aromatic carbocycles. The molecule has 0 radical (unpaired) electrons. The number of carbonyl (C=O) groups excluding carboxylic acids is 2. The molecule has 1 amide bonds. The number of aliphatic hydroxyl groups excluding tert-OH is 2. The summed E-state index contributed by atoms with van der Waals surface area (Å²) in [5.41, 5.74) is 0. The van der Waals surface area contributed by atoms with Crippen LogP contribution in [0.25, 0.3) is 0 Å². The normalized spacial score (nSPS) is 12.8. The highest BCUT2D eigenvalue weighted by atomic mass is 16.5. The Morgan fingerprint density at radius 2 is 0.783 bits per heavy atom. The van der Waals surface area contributed by atoms with Crippen molar-refractivity contribution in [2.75, 3.05) is 13.2 Å². The lowest BCUT2D eigenvalue weighted by atomic mass is 10.0. The molecule has 2 atom stereocenters. The van der Waals surface area contributed by atoms with Gasteiger partial charge in [-0.1, -0.05) is 237 Å². The molecule has 3 N–H and O–H groups in total. The van der Waals surface area contributed by atoms with Gasteiger partial charge < -0.3 is 20.3 Å². The van der Waals surface area contributed by atoms with Gasteiger partial charge in [-0.3, -0.25) is 9.59 Å². The zero-order chi connectivity index (χ0) is 43.7. The quantitative estimate of drug-likeness (QED) is 0.0322. The van der Waals surface area contributed by atoms with Crippen LogP contribution >= 0.6 is 0 Å². The Labute approximate surface area is 373 Å². The predicted molar refractivity (Wildman–Crippen MR) is 260 cm³/mol. The summed E-state index contributed by atoms with van der Waals surface area (Å²) in [5, 5.41) is 23.1. The minimum absolute atomic E-state index is 0.0350. The number of esters is 1. The number of hydrogen-bond donors (Lipinski definition) is 3. The zero-order valence-electron chi connectivity index (χ0n) is 40.2. The molecule has 6 heteroatoms. The maximum atomic E-state index is 12.4. The van der Waals surface area contributed by atoms with Gasteiger partial charge in [-0.25, -0.2) is 0 Å². The molecule has 0 bridgehead atoms. The number of amides is 1. The van der Waals surface area contributed by atoms with E-state index in [2.05, 4.69) is 31.3 Å². The van der Waals surface area contributed by atoms with Crippen molar-refractivity contribution in [3.63, 3.8) is 0 Å². The number of aliphatic hydroxyl groups is 2. The smallest absolute Gasteiger partial charge is 0.305 e. The fourth-order valence-corrected chi connectivity index (χ4v) is 8.10. The van der Waals surface area contributed by atoms with E-state index >= 15 is 0 Å². The van der Waals surface area contributed by atoms with Gasteiger partial charge in [0.05, 0.1) is 25.4 Å². The molecular weight excluding hydrogens is 743 g/mol. The maximum absolute atomic E-state index is 12.4. The monoisotopic (exact) mass is 846 g/mol. The number of hydrogen-bond acceptors (Lipinski definition) is 5. The van der Waals surface area contributed by atoms with Crippen molar-refractivity contribution in [1.29, 1.82) is 0 Å². The first-order chi connectivity index (χ1) is 29.5. The number of unbranched alkanes of at least 4 members (excludes halogenated alkanes) is 36. The lowest BCUT2D eigenvalue weighted by Gasteiger charge is -2.20. The minimum Gasteiger partial charge on any atom is -0.466 e. The Balaban J connectivity index is 3.54. The third-order valence-corrected chi connectivity index (χ3v) is 12.2. The minimum atomic E-state index is -0.865. The Kier molecular flexibility index (Phi) is 48.6. The molecule has 60 heavy (non-hydrogen) atoms. The second-order valence-electron chi connectivity index (χ2n) is 18.2. The Bertz CT molecular complexity index is 935. The average molecular weight is 846 g/mol. The highest BCUT2D eigenvalue weighted by Crippen LogP contribution is 2.16. The topological polar surface area (TPSA) is 95.9 Å². The summed E-state index contributed by atoms with van der Waals surface area (Å²) < 4.78 is 5.44. The van der Waals surface area contributed by atoms with Crippen molar-refractivity contribution < 1.29 is 24.5 Å². The van der Waals surface area contributed by atoms with E-state index in [4.69, 9.17) is 4.74 Å². The van der Waals surface area contributed by atoms with E-state index in [1.165, 1.54) is 180 Å². The van der Waals surface area contributed by atoms with Crippen molar-refractivity contribution in [2.24, 2.45) is 0 Å². The lowest BCUT2D eigenvalue weighted by Crippen LogP contribution is -2.45. The highest BCUT2D eigenvalue weighted by molar-refractivity contribution is 5.76. The van der Waals surface area contributed by atoms with E-state index in [0.717, 1.165) is 77.0 Å². The van der Waals surface area contributed by atoms with Crippen LogP contribution in [0, 0.1) is 0 Å². The van der Waals surface area contributed by atoms with Crippen LogP contribution in [0.1, 0.15) is 284 Å². The van der Waals surface area contributed by atoms with Crippen LogP contribution in [-0.4, -0.2) is 47.4 Å². The third kappa shape index (κ3) is 45.9. The van der Waals surface area contributed by atoms with Gasteiger partial charge in [0.2, 0.25) is 5.91 Å². The zero-order valence-corrected chi connectivity index (χ0v) is 40.2. The summed E-state index contributed by atoms with van der Waals surface area (Å²) in [5.74, 6) is -0.137. The van der Waals surface area contributed by atoms with Crippen molar-refractivity contribution in [3.05, 3.63) is 24.3 Å². The highest BCUT2D eigenvalue weighted by Gasteiger charge is 2.18. The molecule has 0 spiro atoms. The summed E-state index contributed by atoms with van der Waals surface area (Å²) in [4.78, 5) is 24.5. The van der Waals surface area contributed by atoms with Crippen LogP contribution in [-0.2, 0) is 14.3 Å². The summed E-state index contributed by atoms with van der Waals surface area (Å²) >= 11 is 0.